The highest BCUT2D eigenvalue weighted by Crippen LogP contribution is 2.33. The van der Waals surface area contributed by atoms with Crippen molar-refractivity contribution in [3.63, 3.8) is 0 Å². The Kier molecular flexibility index (Phi) is 5.30. The first kappa shape index (κ1) is 18.8. The maximum Gasteiger partial charge on any atom is 0.342 e. The lowest BCUT2D eigenvalue weighted by atomic mass is 9.83. The van der Waals surface area contributed by atoms with Gasteiger partial charge in [-0.2, -0.15) is 0 Å². The third kappa shape index (κ3) is 5.16. The van der Waals surface area contributed by atoms with Gasteiger partial charge >= 0.3 is 11.9 Å². The van der Waals surface area contributed by atoms with E-state index in [9.17, 15) is 19.8 Å². The molecule has 0 amide bonds. The van der Waals surface area contributed by atoms with Gasteiger partial charge in [-0.15, -0.1) is 0 Å². The van der Waals surface area contributed by atoms with E-state index in [1.807, 2.05) is 20.8 Å². The normalized spacial score (nSPS) is 11.9. The van der Waals surface area contributed by atoms with Gasteiger partial charge in [-0.25, -0.2) is 9.59 Å². The van der Waals surface area contributed by atoms with Crippen molar-refractivity contribution in [3.05, 3.63) is 23.3 Å². The van der Waals surface area contributed by atoms with Gasteiger partial charge in [0.15, 0.2) is 0 Å². The average molecular weight is 324 g/mol. The van der Waals surface area contributed by atoms with Gasteiger partial charge in [0, 0.05) is 0 Å². The molecule has 0 spiro atoms. The molecular formula is C17H24O6. The molecule has 0 radical (unpaired) electrons. The van der Waals surface area contributed by atoms with E-state index in [1.54, 1.807) is 13.8 Å². The van der Waals surface area contributed by atoms with Crippen molar-refractivity contribution in [1.29, 1.82) is 0 Å². The van der Waals surface area contributed by atoms with E-state index in [-0.39, 0.29) is 16.5 Å². The topological polar surface area (TPSA) is 93.1 Å². The lowest BCUT2D eigenvalue weighted by Gasteiger charge is -2.32. The quantitative estimate of drug-likeness (QED) is 0.652. The number of phenolic OH excluding ortho intramolecular Hbond substituents is 2. The zero-order chi connectivity index (χ0) is 18.0. The molecule has 0 saturated carbocycles. The number of benzene rings is 1. The molecule has 1 aromatic rings. The van der Waals surface area contributed by atoms with Gasteiger partial charge in [-0.05, 0) is 37.8 Å². The number of aromatic hydroxyl groups is 2. The average Bonchev–Trinajstić information content (AvgIpc) is 2.36. The van der Waals surface area contributed by atoms with Crippen molar-refractivity contribution in [2.75, 3.05) is 7.11 Å². The number of hydrogen-bond donors (Lipinski definition) is 2. The number of hydrogen-bond acceptors (Lipinski definition) is 6. The highest BCUT2D eigenvalue weighted by molar-refractivity contribution is 5.98. The first-order valence-electron chi connectivity index (χ1n) is 7.24. The van der Waals surface area contributed by atoms with Gasteiger partial charge in [-0.3, -0.25) is 0 Å². The fourth-order valence-electron chi connectivity index (χ4n) is 2.63. The van der Waals surface area contributed by atoms with Gasteiger partial charge < -0.3 is 19.7 Å². The Morgan fingerprint density at radius 1 is 0.957 bits per heavy atom. The fraction of sp³-hybridized carbons (Fsp3) is 0.529. The van der Waals surface area contributed by atoms with Crippen molar-refractivity contribution >= 4 is 11.9 Å². The van der Waals surface area contributed by atoms with E-state index in [4.69, 9.17) is 4.74 Å². The number of methoxy groups -OCH3 is 1. The first-order chi connectivity index (χ1) is 10.4. The minimum absolute atomic E-state index is 0.0529. The van der Waals surface area contributed by atoms with E-state index >= 15 is 0 Å². The minimum Gasteiger partial charge on any atom is -0.507 e. The van der Waals surface area contributed by atoms with E-state index in [1.165, 1.54) is 0 Å². The summed E-state index contributed by atoms with van der Waals surface area (Å²) in [7, 11) is 1.15. The summed E-state index contributed by atoms with van der Waals surface area (Å²) in [4.78, 5) is 23.7. The van der Waals surface area contributed by atoms with Crippen molar-refractivity contribution in [2.45, 2.75) is 46.6 Å². The van der Waals surface area contributed by atoms with Crippen LogP contribution in [0, 0.1) is 5.41 Å². The summed E-state index contributed by atoms with van der Waals surface area (Å²) in [5.41, 5.74) is -1.24. The molecule has 0 fully saturated rings. The molecule has 0 unspecified atom stereocenters. The van der Waals surface area contributed by atoms with Crippen LogP contribution in [-0.4, -0.2) is 34.9 Å². The molecule has 0 aliphatic heterocycles. The molecule has 0 atom stereocenters. The standard InChI is InChI=1S/C17H24O6/c1-16(2,3)9-17(4,5)23-15(21)11-8-12(18)10(7-13(11)19)14(20)22-6/h7-8,18-19H,9H2,1-6H3. The van der Waals surface area contributed by atoms with Crippen molar-refractivity contribution < 1.29 is 29.3 Å². The molecule has 0 heterocycles. The maximum atomic E-state index is 12.3. The van der Waals surface area contributed by atoms with Crippen LogP contribution in [0.1, 0.15) is 61.8 Å². The smallest absolute Gasteiger partial charge is 0.342 e. The van der Waals surface area contributed by atoms with Crippen LogP contribution in [0.4, 0.5) is 0 Å². The Morgan fingerprint density at radius 3 is 1.78 bits per heavy atom. The molecule has 0 aromatic heterocycles. The van der Waals surface area contributed by atoms with Crippen LogP contribution in [0.3, 0.4) is 0 Å². The number of carbonyl (C=O) groups is 2. The molecule has 23 heavy (non-hydrogen) atoms. The highest BCUT2D eigenvalue weighted by Gasteiger charge is 2.31. The van der Waals surface area contributed by atoms with Crippen LogP contribution < -0.4 is 0 Å². The molecule has 0 bridgehead atoms. The molecule has 6 heteroatoms. The van der Waals surface area contributed by atoms with E-state index in [2.05, 4.69) is 4.74 Å². The van der Waals surface area contributed by atoms with Crippen LogP contribution in [0.25, 0.3) is 0 Å². The summed E-state index contributed by atoms with van der Waals surface area (Å²) in [5.74, 6) is -2.51. The highest BCUT2D eigenvalue weighted by atomic mass is 16.6. The number of carbonyl (C=O) groups excluding carboxylic acids is 2. The number of phenols is 2. The van der Waals surface area contributed by atoms with Gasteiger partial charge in [0.2, 0.25) is 0 Å². The largest absolute Gasteiger partial charge is 0.507 e. The van der Waals surface area contributed by atoms with Crippen molar-refractivity contribution in [2.24, 2.45) is 5.41 Å². The molecule has 0 aliphatic rings. The summed E-state index contributed by atoms with van der Waals surface area (Å²) >= 11 is 0. The van der Waals surface area contributed by atoms with Crippen LogP contribution in [0.5, 0.6) is 11.5 Å². The van der Waals surface area contributed by atoms with Crippen molar-refractivity contribution in [1.82, 2.24) is 0 Å². The second kappa shape index (κ2) is 6.48. The Hall–Kier alpha value is -2.24. The summed E-state index contributed by atoms with van der Waals surface area (Å²) < 4.78 is 9.92. The van der Waals surface area contributed by atoms with Crippen LogP contribution in [0.2, 0.25) is 0 Å². The molecule has 1 rings (SSSR count). The van der Waals surface area contributed by atoms with E-state index < -0.39 is 29.0 Å². The minimum atomic E-state index is -0.814. The molecule has 2 N–H and O–H groups in total. The Morgan fingerprint density at radius 2 is 1.39 bits per heavy atom. The molecule has 128 valence electrons. The van der Waals surface area contributed by atoms with Gasteiger partial charge in [0.05, 0.1) is 7.11 Å². The monoisotopic (exact) mass is 324 g/mol. The summed E-state index contributed by atoms with van der Waals surface area (Å²) in [6.45, 7) is 9.62. The first-order valence-corrected chi connectivity index (χ1v) is 7.24. The molecular weight excluding hydrogens is 300 g/mol. The van der Waals surface area contributed by atoms with Crippen molar-refractivity contribution in [3.8, 4) is 11.5 Å². The Balaban J connectivity index is 3.06. The van der Waals surface area contributed by atoms with Crippen LogP contribution in [0.15, 0.2) is 12.1 Å². The number of rotatable bonds is 4. The Labute approximate surface area is 136 Å². The predicted molar refractivity (Wildman–Crippen MR) is 84.7 cm³/mol. The molecule has 0 aliphatic carbocycles. The SMILES string of the molecule is COC(=O)c1cc(O)c(C(=O)OC(C)(C)CC(C)(C)C)cc1O. The fourth-order valence-corrected chi connectivity index (χ4v) is 2.63. The van der Waals surface area contributed by atoms with E-state index in [0.29, 0.717) is 6.42 Å². The Bertz CT molecular complexity index is 610. The lowest BCUT2D eigenvalue weighted by molar-refractivity contribution is -0.0181. The van der Waals surface area contributed by atoms with Gasteiger partial charge in [-0.1, -0.05) is 20.8 Å². The second-order valence-corrected chi connectivity index (χ2v) is 7.26. The maximum absolute atomic E-state index is 12.3. The predicted octanol–water partition coefficient (Wildman–Crippen LogP) is 3.26. The molecule has 0 saturated heterocycles. The zero-order valence-corrected chi connectivity index (χ0v) is 14.4. The number of ether oxygens (including phenoxy) is 2. The van der Waals surface area contributed by atoms with E-state index in [0.717, 1.165) is 19.2 Å². The zero-order valence-electron chi connectivity index (χ0n) is 14.4. The summed E-state index contributed by atoms with van der Waals surface area (Å²) in [6, 6.07) is 1.98. The molecule has 6 nitrogen and oxygen atoms in total. The van der Waals surface area contributed by atoms with Gasteiger partial charge in [0.1, 0.15) is 28.2 Å². The third-order valence-electron chi connectivity index (χ3n) is 3.06. The molecule has 1 aromatic carbocycles. The number of esters is 2. The van der Waals surface area contributed by atoms with Gasteiger partial charge in [0.25, 0.3) is 0 Å². The van der Waals surface area contributed by atoms with Crippen LogP contribution in [-0.2, 0) is 9.47 Å². The lowest BCUT2D eigenvalue weighted by Crippen LogP contribution is -2.32. The second-order valence-electron chi connectivity index (χ2n) is 7.26. The summed E-state index contributed by atoms with van der Waals surface area (Å²) in [5, 5.41) is 19.8. The summed E-state index contributed by atoms with van der Waals surface area (Å²) in [6.07, 6.45) is 0.610. The van der Waals surface area contributed by atoms with Crippen LogP contribution >= 0.6 is 0 Å². The third-order valence-corrected chi connectivity index (χ3v) is 3.06.